The lowest BCUT2D eigenvalue weighted by Crippen LogP contribution is -2.17. The molecule has 0 saturated carbocycles. The predicted octanol–water partition coefficient (Wildman–Crippen LogP) is 3.19. The number of aliphatic hydroxyl groups excluding tert-OH is 1. The van der Waals surface area contributed by atoms with Crippen LogP contribution in [-0.2, 0) is 0 Å². The molecule has 3 heteroatoms. The number of carbonyl (C=O) groups excluding carboxylic acids is 1. The third kappa shape index (κ3) is 2.93. The van der Waals surface area contributed by atoms with E-state index >= 15 is 0 Å². The van der Waals surface area contributed by atoms with E-state index in [0.29, 0.717) is 17.7 Å². The Morgan fingerprint density at radius 2 is 2.00 bits per heavy atom. The second kappa shape index (κ2) is 5.85. The third-order valence-electron chi connectivity index (χ3n) is 3.15. The van der Waals surface area contributed by atoms with E-state index in [4.69, 9.17) is 4.74 Å². The van der Waals surface area contributed by atoms with Crippen molar-refractivity contribution >= 4 is 16.6 Å². The first kappa shape index (κ1) is 13.6. The van der Waals surface area contributed by atoms with Gasteiger partial charge in [-0.2, -0.15) is 0 Å². The summed E-state index contributed by atoms with van der Waals surface area (Å²) in [6.07, 6.45) is 0.110. The monoisotopic (exact) mass is 258 g/mol. The molecule has 0 fully saturated rings. The van der Waals surface area contributed by atoms with Crippen LogP contribution in [0.2, 0.25) is 0 Å². The van der Waals surface area contributed by atoms with E-state index < -0.39 is 6.10 Å². The van der Waals surface area contributed by atoms with E-state index in [0.717, 1.165) is 10.8 Å². The number of benzene rings is 2. The number of Topliss-reactive ketones (excluding diaryl/α,β-unsaturated/α-hetero) is 1. The molecule has 0 aliphatic heterocycles. The van der Waals surface area contributed by atoms with Gasteiger partial charge in [0, 0.05) is 5.39 Å². The maximum absolute atomic E-state index is 11.7. The van der Waals surface area contributed by atoms with Gasteiger partial charge in [-0.3, -0.25) is 4.79 Å². The molecule has 1 atom stereocenters. The second-order valence-electron chi connectivity index (χ2n) is 4.59. The smallest absolute Gasteiger partial charge is 0.163 e. The SMILES string of the molecule is CCC(O)COc1c(C(C)=O)ccc2ccccc12. The Labute approximate surface area is 112 Å². The summed E-state index contributed by atoms with van der Waals surface area (Å²) in [7, 11) is 0. The van der Waals surface area contributed by atoms with Gasteiger partial charge in [0.05, 0.1) is 11.7 Å². The van der Waals surface area contributed by atoms with Crippen molar-refractivity contribution in [1.29, 1.82) is 0 Å². The number of rotatable bonds is 5. The molecule has 0 spiro atoms. The van der Waals surface area contributed by atoms with Crippen LogP contribution in [-0.4, -0.2) is 23.6 Å². The van der Waals surface area contributed by atoms with Gasteiger partial charge in [0.1, 0.15) is 12.4 Å². The minimum atomic E-state index is -0.515. The van der Waals surface area contributed by atoms with Crippen molar-refractivity contribution in [3.05, 3.63) is 42.0 Å². The van der Waals surface area contributed by atoms with Crippen LogP contribution in [0.4, 0.5) is 0 Å². The van der Waals surface area contributed by atoms with Crippen molar-refractivity contribution in [1.82, 2.24) is 0 Å². The normalized spacial score (nSPS) is 12.4. The summed E-state index contributed by atoms with van der Waals surface area (Å²) in [5.41, 5.74) is 0.557. The molecule has 100 valence electrons. The molecule has 0 saturated heterocycles. The highest BCUT2D eigenvalue weighted by molar-refractivity contribution is 6.03. The molecule has 0 bridgehead atoms. The van der Waals surface area contributed by atoms with Crippen molar-refractivity contribution in [2.24, 2.45) is 0 Å². The number of aliphatic hydroxyl groups is 1. The van der Waals surface area contributed by atoms with E-state index in [-0.39, 0.29) is 12.4 Å². The van der Waals surface area contributed by atoms with Gasteiger partial charge >= 0.3 is 0 Å². The molecule has 0 aromatic heterocycles. The lowest BCUT2D eigenvalue weighted by atomic mass is 10.0. The minimum Gasteiger partial charge on any atom is -0.489 e. The van der Waals surface area contributed by atoms with Crippen LogP contribution in [0.3, 0.4) is 0 Å². The summed E-state index contributed by atoms with van der Waals surface area (Å²) in [5.74, 6) is 0.532. The Bertz CT molecular complexity index is 590. The fourth-order valence-electron chi connectivity index (χ4n) is 1.97. The fraction of sp³-hybridized carbons (Fsp3) is 0.312. The van der Waals surface area contributed by atoms with Crippen LogP contribution in [0.15, 0.2) is 36.4 Å². The Balaban J connectivity index is 2.46. The maximum atomic E-state index is 11.7. The molecular formula is C16H18O3. The third-order valence-corrected chi connectivity index (χ3v) is 3.15. The average Bonchev–Trinajstić information content (AvgIpc) is 2.43. The summed E-state index contributed by atoms with van der Waals surface area (Å²) in [6.45, 7) is 3.61. The van der Waals surface area contributed by atoms with Crippen LogP contribution in [0.5, 0.6) is 5.75 Å². The molecule has 0 heterocycles. The Morgan fingerprint density at radius 1 is 1.26 bits per heavy atom. The highest BCUT2D eigenvalue weighted by atomic mass is 16.5. The Kier molecular flexibility index (Phi) is 4.17. The molecule has 19 heavy (non-hydrogen) atoms. The Hall–Kier alpha value is -1.87. The summed E-state index contributed by atoms with van der Waals surface area (Å²) >= 11 is 0. The van der Waals surface area contributed by atoms with Crippen molar-refractivity contribution in [3.63, 3.8) is 0 Å². The lowest BCUT2D eigenvalue weighted by Gasteiger charge is -2.15. The van der Waals surface area contributed by atoms with Gasteiger partial charge < -0.3 is 9.84 Å². The quantitative estimate of drug-likeness (QED) is 0.838. The van der Waals surface area contributed by atoms with Crippen molar-refractivity contribution in [2.75, 3.05) is 6.61 Å². The summed E-state index contributed by atoms with van der Waals surface area (Å²) < 4.78 is 5.69. The van der Waals surface area contributed by atoms with Crippen molar-refractivity contribution in [3.8, 4) is 5.75 Å². The fourth-order valence-corrected chi connectivity index (χ4v) is 1.97. The first-order valence-corrected chi connectivity index (χ1v) is 6.47. The highest BCUT2D eigenvalue weighted by Gasteiger charge is 2.13. The average molecular weight is 258 g/mol. The molecule has 0 aliphatic rings. The number of ketones is 1. The molecule has 0 radical (unpaired) electrons. The van der Waals surface area contributed by atoms with Crippen LogP contribution < -0.4 is 4.74 Å². The number of carbonyl (C=O) groups is 1. The van der Waals surface area contributed by atoms with Gasteiger partial charge in [-0.1, -0.05) is 37.3 Å². The molecule has 2 aromatic carbocycles. The molecule has 2 aromatic rings. The van der Waals surface area contributed by atoms with E-state index in [1.54, 1.807) is 6.07 Å². The Morgan fingerprint density at radius 3 is 2.68 bits per heavy atom. The van der Waals surface area contributed by atoms with Gasteiger partial charge in [-0.05, 0) is 24.8 Å². The van der Waals surface area contributed by atoms with Gasteiger partial charge in [0.2, 0.25) is 0 Å². The highest BCUT2D eigenvalue weighted by Crippen LogP contribution is 2.30. The molecule has 2 rings (SSSR count). The standard InChI is InChI=1S/C16H18O3/c1-3-13(18)10-19-16-14(11(2)17)9-8-12-6-4-5-7-15(12)16/h4-9,13,18H,3,10H2,1-2H3. The molecule has 1 unspecified atom stereocenters. The molecule has 0 amide bonds. The zero-order chi connectivity index (χ0) is 13.8. The van der Waals surface area contributed by atoms with E-state index in [1.165, 1.54) is 6.92 Å². The number of ether oxygens (including phenoxy) is 1. The number of hydrogen-bond donors (Lipinski definition) is 1. The summed E-state index contributed by atoms with van der Waals surface area (Å²) in [4.78, 5) is 11.7. The first-order valence-electron chi connectivity index (χ1n) is 6.47. The van der Waals surface area contributed by atoms with Crippen LogP contribution >= 0.6 is 0 Å². The summed E-state index contributed by atoms with van der Waals surface area (Å²) in [6, 6.07) is 11.4. The van der Waals surface area contributed by atoms with Crippen molar-refractivity contribution in [2.45, 2.75) is 26.4 Å². The van der Waals surface area contributed by atoms with Gasteiger partial charge in [-0.25, -0.2) is 0 Å². The van der Waals surface area contributed by atoms with Gasteiger partial charge in [0.25, 0.3) is 0 Å². The topological polar surface area (TPSA) is 46.5 Å². The zero-order valence-electron chi connectivity index (χ0n) is 11.2. The maximum Gasteiger partial charge on any atom is 0.163 e. The van der Waals surface area contributed by atoms with E-state index in [9.17, 15) is 9.90 Å². The van der Waals surface area contributed by atoms with E-state index in [1.807, 2.05) is 37.3 Å². The second-order valence-corrected chi connectivity index (χ2v) is 4.59. The van der Waals surface area contributed by atoms with Crippen LogP contribution in [0.25, 0.3) is 10.8 Å². The number of fused-ring (bicyclic) bond motifs is 1. The van der Waals surface area contributed by atoms with Gasteiger partial charge in [-0.15, -0.1) is 0 Å². The molecule has 1 N–H and O–H groups in total. The van der Waals surface area contributed by atoms with Crippen LogP contribution in [0, 0.1) is 0 Å². The minimum absolute atomic E-state index is 0.0354. The van der Waals surface area contributed by atoms with E-state index in [2.05, 4.69) is 0 Å². The first-order chi connectivity index (χ1) is 9.13. The number of hydrogen-bond acceptors (Lipinski definition) is 3. The zero-order valence-corrected chi connectivity index (χ0v) is 11.2. The molecule has 3 nitrogen and oxygen atoms in total. The summed E-state index contributed by atoms with van der Waals surface area (Å²) in [5, 5.41) is 11.5. The largest absolute Gasteiger partial charge is 0.489 e. The molecular weight excluding hydrogens is 240 g/mol. The predicted molar refractivity (Wildman–Crippen MR) is 75.7 cm³/mol. The van der Waals surface area contributed by atoms with Crippen LogP contribution in [0.1, 0.15) is 30.6 Å². The van der Waals surface area contributed by atoms with Gasteiger partial charge in [0.15, 0.2) is 5.78 Å². The lowest BCUT2D eigenvalue weighted by molar-refractivity contribution is 0.0970. The van der Waals surface area contributed by atoms with Crippen molar-refractivity contribution < 1.29 is 14.6 Å². The molecule has 0 aliphatic carbocycles.